The van der Waals surface area contributed by atoms with Gasteiger partial charge < -0.3 is 11.1 Å². The first-order valence-corrected chi connectivity index (χ1v) is 8.65. The van der Waals surface area contributed by atoms with Gasteiger partial charge in [-0.2, -0.15) is 0 Å². The lowest BCUT2D eigenvalue weighted by Gasteiger charge is -2.14. The maximum absolute atomic E-state index is 12.7. The van der Waals surface area contributed by atoms with E-state index in [4.69, 9.17) is 5.73 Å². The van der Waals surface area contributed by atoms with E-state index in [0.29, 0.717) is 5.69 Å². The van der Waals surface area contributed by atoms with Gasteiger partial charge in [-0.05, 0) is 31.2 Å². The van der Waals surface area contributed by atoms with E-state index >= 15 is 0 Å². The Balaban J connectivity index is 2.27. The molecular formula is C17H20N4O4S. The largest absolute Gasteiger partial charge is 0.384 e. The number of nitrogens with zero attached hydrogens (tertiary/aromatic N) is 2. The zero-order chi connectivity index (χ0) is 19.6. The number of hydrogen-bond acceptors (Lipinski definition) is 6. The van der Waals surface area contributed by atoms with Gasteiger partial charge in [0.25, 0.3) is 5.56 Å². The number of amides is 1. The first kappa shape index (κ1) is 19.5. The van der Waals surface area contributed by atoms with Crippen LogP contribution in [0.25, 0.3) is 0 Å². The first-order valence-electron chi connectivity index (χ1n) is 7.77. The minimum Gasteiger partial charge on any atom is -0.384 e. The van der Waals surface area contributed by atoms with Crippen molar-refractivity contribution in [3.63, 3.8) is 0 Å². The number of carbonyl (C=O) groups excluding carboxylic acids is 2. The van der Waals surface area contributed by atoms with Crippen LogP contribution in [0.5, 0.6) is 0 Å². The van der Waals surface area contributed by atoms with E-state index in [-0.39, 0.29) is 17.3 Å². The normalized spacial score (nSPS) is 11.8. The minimum absolute atomic E-state index is 0.142. The number of anilines is 2. The SMILES string of the molecule is CC(=O)Nc1ccc(SC(C)C(=O)c2c(N)n(C)c(=O)n(C)c2=O)cc1. The third-order valence-electron chi connectivity index (χ3n) is 3.81. The van der Waals surface area contributed by atoms with Crippen LogP contribution in [-0.2, 0) is 18.9 Å². The number of Topliss-reactive ketones (excluding diaryl/α,β-unsaturated/α-hetero) is 1. The number of hydrogen-bond donors (Lipinski definition) is 2. The molecule has 0 aliphatic carbocycles. The Morgan fingerprint density at radius 2 is 1.69 bits per heavy atom. The van der Waals surface area contributed by atoms with Crippen molar-refractivity contribution in [2.24, 2.45) is 14.1 Å². The van der Waals surface area contributed by atoms with E-state index < -0.39 is 22.3 Å². The van der Waals surface area contributed by atoms with Gasteiger partial charge in [-0.1, -0.05) is 0 Å². The Labute approximate surface area is 154 Å². The third-order valence-corrected chi connectivity index (χ3v) is 4.92. The van der Waals surface area contributed by atoms with Gasteiger partial charge in [0.2, 0.25) is 5.91 Å². The molecule has 0 fully saturated rings. The molecule has 1 unspecified atom stereocenters. The average Bonchev–Trinajstić information content (AvgIpc) is 2.59. The molecule has 0 aliphatic heterocycles. The van der Waals surface area contributed by atoms with Crippen LogP contribution in [0.15, 0.2) is 38.8 Å². The predicted octanol–water partition coefficient (Wildman–Crippen LogP) is 0.988. The molecule has 138 valence electrons. The molecule has 3 N–H and O–H groups in total. The summed E-state index contributed by atoms with van der Waals surface area (Å²) in [6.07, 6.45) is 0. The number of benzene rings is 1. The highest BCUT2D eigenvalue weighted by molar-refractivity contribution is 8.00. The van der Waals surface area contributed by atoms with Crippen molar-refractivity contribution >= 4 is 35.0 Å². The highest BCUT2D eigenvalue weighted by atomic mass is 32.2. The summed E-state index contributed by atoms with van der Waals surface area (Å²) in [6.45, 7) is 3.08. The summed E-state index contributed by atoms with van der Waals surface area (Å²) in [7, 11) is 2.71. The Morgan fingerprint density at radius 1 is 1.12 bits per heavy atom. The zero-order valence-corrected chi connectivity index (χ0v) is 15.7. The van der Waals surface area contributed by atoms with Crippen LogP contribution in [0.4, 0.5) is 11.5 Å². The quantitative estimate of drug-likeness (QED) is 0.594. The van der Waals surface area contributed by atoms with E-state index in [1.807, 2.05) is 0 Å². The molecule has 1 aromatic heterocycles. The van der Waals surface area contributed by atoms with Gasteiger partial charge in [0.15, 0.2) is 5.78 Å². The lowest BCUT2D eigenvalue weighted by molar-refractivity contribution is -0.114. The fraction of sp³-hybridized carbons (Fsp3) is 0.294. The number of rotatable bonds is 5. The summed E-state index contributed by atoms with van der Waals surface area (Å²) < 4.78 is 1.94. The summed E-state index contributed by atoms with van der Waals surface area (Å²) in [5.74, 6) is -0.763. The highest BCUT2D eigenvalue weighted by Gasteiger charge is 2.25. The number of ketones is 1. The van der Waals surface area contributed by atoms with Crippen molar-refractivity contribution < 1.29 is 9.59 Å². The third kappa shape index (κ3) is 3.88. The summed E-state index contributed by atoms with van der Waals surface area (Å²) in [5, 5.41) is 2.07. The van der Waals surface area contributed by atoms with Crippen LogP contribution >= 0.6 is 11.8 Å². The molecule has 0 saturated carbocycles. The molecule has 0 radical (unpaired) electrons. The van der Waals surface area contributed by atoms with Gasteiger partial charge in [-0.15, -0.1) is 11.8 Å². The van der Waals surface area contributed by atoms with Crippen LogP contribution in [0, 0.1) is 0 Å². The van der Waals surface area contributed by atoms with Crippen molar-refractivity contribution in [2.75, 3.05) is 11.1 Å². The molecule has 0 aliphatic rings. The molecule has 0 bridgehead atoms. The number of nitrogens with one attached hydrogen (secondary N) is 1. The first-order chi connectivity index (χ1) is 12.1. The molecule has 9 heteroatoms. The number of nitrogens with two attached hydrogens (primary N) is 1. The second kappa shape index (κ2) is 7.61. The van der Waals surface area contributed by atoms with Crippen LogP contribution in [0.3, 0.4) is 0 Å². The number of nitrogen functional groups attached to an aromatic ring is 1. The lowest BCUT2D eigenvalue weighted by atomic mass is 10.1. The Kier molecular flexibility index (Phi) is 5.71. The highest BCUT2D eigenvalue weighted by Crippen LogP contribution is 2.27. The molecule has 8 nitrogen and oxygen atoms in total. The molecule has 0 spiro atoms. The molecule has 1 atom stereocenters. The molecule has 1 heterocycles. The van der Waals surface area contributed by atoms with Gasteiger partial charge in [-0.3, -0.25) is 23.5 Å². The summed E-state index contributed by atoms with van der Waals surface area (Å²) in [5.41, 5.74) is 5.00. The maximum Gasteiger partial charge on any atom is 0.332 e. The average molecular weight is 376 g/mol. The molecule has 1 amide bonds. The van der Waals surface area contributed by atoms with Crippen molar-refractivity contribution in [2.45, 2.75) is 24.0 Å². The monoisotopic (exact) mass is 376 g/mol. The molecule has 2 rings (SSSR count). The standard InChI is InChI=1S/C17H20N4O4S/c1-9(26-12-7-5-11(6-8-12)19-10(2)22)14(23)13-15(18)20(3)17(25)21(4)16(13)24/h5-9H,18H2,1-4H3,(H,19,22). The van der Waals surface area contributed by atoms with E-state index in [0.717, 1.165) is 14.0 Å². The van der Waals surface area contributed by atoms with Crippen molar-refractivity contribution in [3.05, 3.63) is 50.7 Å². The molecular weight excluding hydrogens is 356 g/mol. The number of aromatic nitrogens is 2. The van der Waals surface area contributed by atoms with Crippen LogP contribution in [0.1, 0.15) is 24.2 Å². The topological polar surface area (TPSA) is 116 Å². The van der Waals surface area contributed by atoms with E-state index in [9.17, 15) is 19.2 Å². The van der Waals surface area contributed by atoms with E-state index in [1.54, 1.807) is 31.2 Å². The number of thioether (sulfide) groups is 1. The minimum atomic E-state index is -0.705. The molecule has 1 aromatic carbocycles. The van der Waals surface area contributed by atoms with Crippen LogP contribution < -0.4 is 22.3 Å². The zero-order valence-electron chi connectivity index (χ0n) is 14.9. The molecule has 0 saturated heterocycles. The fourth-order valence-electron chi connectivity index (χ4n) is 2.37. The fourth-order valence-corrected chi connectivity index (χ4v) is 3.30. The van der Waals surface area contributed by atoms with Crippen molar-refractivity contribution in [3.8, 4) is 0 Å². The molecule has 26 heavy (non-hydrogen) atoms. The second-order valence-corrected chi connectivity index (χ2v) is 7.21. The van der Waals surface area contributed by atoms with E-state index in [1.165, 1.54) is 32.8 Å². The Bertz CT molecular complexity index is 976. The smallest absolute Gasteiger partial charge is 0.332 e. The second-order valence-electron chi connectivity index (χ2n) is 5.80. The van der Waals surface area contributed by atoms with Crippen LogP contribution in [-0.4, -0.2) is 26.1 Å². The summed E-state index contributed by atoms with van der Waals surface area (Å²) in [4.78, 5) is 48.7. The number of carbonyl (C=O) groups is 2. The Hall–Kier alpha value is -2.81. The van der Waals surface area contributed by atoms with Crippen molar-refractivity contribution in [1.29, 1.82) is 0 Å². The Morgan fingerprint density at radius 3 is 2.23 bits per heavy atom. The van der Waals surface area contributed by atoms with Crippen LogP contribution in [0.2, 0.25) is 0 Å². The van der Waals surface area contributed by atoms with Gasteiger partial charge in [0.1, 0.15) is 11.4 Å². The van der Waals surface area contributed by atoms with Gasteiger partial charge >= 0.3 is 5.69 Å². The summed E-state index contributed by atoms with van der Waals surface area (Å²) >= 11 is 1.25. The van der Waals surface area contributed by atoms with Gasteiger partial charge in [0, 0.05) is 31.6 Å². The lowest BCUT2D eigenvalue weighted by Crippen LogP contribution is -2.42. The molecule has 2 aromatic rings. The van der Waals surface area contributed by atoms with Crippen molar-refractivity contribution in [1.82, 2.24) is 9.13 Å². The predicted molar refractivity (Wildman–Crippen MR) is 102 cm³/mol. The van der Waals surface area contributed by atoms with Gasteiger partial charge in [0.05, 0.1) is 5.25 Å². The van der Waals surface area contributed by atoms with Gasteiger partial charge in [-0.25, -0.2) is 4.79 Å². The van der Waals surface area contributed by atoms with E-state index in [2.05, 4.69) is 5.32 Å². The maximum atomic E-state index is 12.7. The summed E-state index contributed by atoms with van der Waals surface area (Å²) in [6, 6.07) is 6.98.